The predicted octanol–water partition coefficient (Wildman–Crippen LogP) is 6.23. The number of phenolic OH excluding ortho intramolecular Hbond substituents is 1. The van der Waals surface area contributed by atoms with Crippen LogP contribution in [0.25, 0.3) is 0 Å². The van der Waals surface area contributed by atoms with Crippen molar-refractivity contribution in [1.29, 1.82) is 0 Å². The highest BCUT2D eigenvalue weighted by molar-refractivity contribution is 6.30. The lowest BCUT2D eigenvalue weighted by atomic mass is 9.78. The number of phenols is 1. The molecule has 0 saturated heterocycles. The minimum absolute atomic E-state index is 0.103. The van der Waals surface area contributed by atoms with Crippen LogP contribution in [-0.2, 0) is 17.3 Å². The zero-order chi connectivity index (χ0) is 17.4. The highest BCUT2D eigenvalue weighted by Crippen LogP contribution is 2.40. The molecule has 0 fully saturated rings. The third-order valence-corrected chi connectivity index (χ3v) is 4.32. The van der Waals surface area contributed by atoms with Crippen LogP contribution in [0, 0.1) is 0 Å². The van der Waals surface area contributed by atoms with Gasteiger partial charge in [0, 0.05) is 5.02 Å². The zero-order valence-corrected chi connectivity index (χ0v) is 15.8. The molecule has 23 heavy (non-hydrogen) atoms. The SMILES string of the molecule is CC(C)(C)c1cc(Cc2cccc(Cl)c2)cc(C(C)(C)C)c1O. The highest BCUT2D eigenvalue weighted by atomic mass is 35.5. The zero-order valence-electron chi connectivity index (χ0n) is 15.0. The van der Waals surface area contributed by atoms with Crippen LogP contribution in [0.15, 0.2) is 36.4 Å². The maximum atomic E-state index is 10.8. The van der Waals surface area contributed by atoms with Gasteiger partial charge in [0.05, 0.1) is 0 Å². The lowest BCUT2D eigenvalue weighted by molar-refractivity contribution is 0.423. The number of hydrogen-bond donors (Lipinski definition) is 1. The van der Waals surface area contributed by atoms with E-state index in [0.29, 0.717) is 5.75 Å². The van der Waals surface area contributed by atoms with Crippen LogP contribution in [-0.4, -0.2) is 5.11 Å². The Labute approximate surface area is 145 Å². The van der Waals surface area contributed by atoms with Crippen LogP contribution in [0.4, 0.5) is 0 Å². The molecule has 0 aliphatic heterocycles. The molecule has 1 nitrogen and oxygen atoms in total. The summed E-state index contributed by atoms with van der Waals surface area (Å²) in [5.74, 6) is 0.430. The van der Waals surface area contributed by atoms with Gasteiger partial charge in [-0.25, -0.2) is 0 Å². The van der Waals surface area contributed by atoms with Crippen LogP contribution in [0.5, 0.6) is 5.75 Å². The molecule has 0 aliphatic carbocycles. The summed E-state index contributed by atoms with van der Waals surface area (Å²) in [6, 6.07) is 12.2. The smallest absolute Gasteiger partial charge is 0.123 e. The maximum absolute atomic E-state index is 10.8. The second-order valence-corrected chi connectivity index (χ2v) is 8.78. The van der Waals surface area contributed by atoms with E-state index >= 15 is 0 Å². The normalized spacial score (nSPS) is 12.5. The molecule has 0 unspecified atom stereocenters. The first-order chi connectivity index (χ1) is 10.5. The molecule has 2 heteroatoms. The average molecular weight is 331 g/mol. The van der Waals surface area contributed by atoms with Crippen molar-refractivity contribution in [3.8, 4) is 5.75 Å². The molecule has 0 bridgehead atoms. The van der Waals surface area contributed by atoms with Gasteiger partial charge in [0.15, 0.2) is 0 Å². The molecule has 0 atom stereocenters. The molecule has 1 N–H and O–H groups in total. The van der Waals surface area contributed by atoms with Crippen LogP contribution in [0.1, 0.15) is 63.8 Å². The van der Waals surface area contributed by atoms with Crippen LogP contribution in [0.2, 0.25) is 5.02 Å². The summed E-state index contributed by atoms with van der Waals surface area (Å²) in [5, 5.41) is 11.5. The largest absolute Gasteiger partial charge is 0.507 e. The molecule has 124 valence electrons. The molecule has 0 radical (unpaired) electrons. The maximum Gasteiger partial charge on any atom is 0.123 e. The van der Waals surface area contributed by atoms with Gasteiger partial charge in [-0.15, -0.1) is 0 Å². The number of benzene rings is 2. The quantitative estimate of drug-likeness (QED) is 0.691. The highest BCUT2D eigenvalue weighted by Gasteiger charge is 2.26. The Bertz CT molecular complexity index is 668. The molecular formula is C21H27ClO. The first-order valence-corrected chi connectivity index (χ1v) is 8.47. The van der Waals surface area contributed by atoms with Crippen molar-refractivity contribution in [2.24, 2.45) is 0 Å². The Morgan fingerprint density at radius 1 is 0.826 bits per heavy atom. The summed E-state index contributed by atoms with van der Waals surface area (Å²) in [4.78, 5) is 0. The number of halogens is 1. The van der Waals surface area contributed by atoms with Gasteiger partial charge in [0.25, 0.3) is 0 Å². The van der Waals surface area contributed by atoms with Crippen LogP contribution in [0.3, 0.4) is 0 Å². The average Bonchev–Trinajstić information content (AvgIpc) is 2.38. The molecule has 0 aliphatic rings. The van der Waals surface area contributed by atoms with Crippen LogP contribution < -0.4 is 0 Å². The van der Waals surface area contributed by atoms with Crippen molar-refractivity contribution >= 4 is 11.6 Å². The molecule has 0 amide bonds. The molecule has 2 aromatic rings. The summed E-state index contributed by atoms with van der Waals surface area (Å²) >= 11 is 6.10. The second-order valence-electron chi connectivity index (χ2n) is 8.35. The summed E-state index contributed by atoms with van der Waals surface area (Å²) < 4.78 is 0. The first kappa shape index (κ1) is 17.9. The Morgan fingerprint density at radius 2 is 1.35 bits per heavy atom. The van der Waals surface area contributed by atoms with Crippen molar-refractivity contribution in [3.63, 3.8) is 0 Å². The Morgan fingerprint density at radius 3 is 1.78 bits per heavy atom. The third-order valence-electron chi connectivity index (χ3n) is 4.08. The fourth-order valence-electron chi connectivity index (χ4n) is 2.82. The van der Waals surface area contributed by atoms with E-state index in [4.69, 9.17) is 11.6 Å². The van der Waals surface area contributed by atoms with Crippen molar-refractivity contribution in [1.82, 2.24) is 0 Å². The topological polar surface area (TPSA) is 20.2 Å². The van der Waals surface area contributed by atoms with E-state index < -0.39 is 0 Å². The van der Waals surface area contributed by atoms with Crippen molar-refractivity contribution in [2.45, 2.75) is 58.8 Å². The Kier molecular flexibility index (Phi) is 4.82. The second kappa shape index (κ2) is 6.20. The Balaban J connectivity index is 2.56. The third kappa shape index (κ3) is 4.29. The minimum Gasteiger partial charge on any atom is -0.507 e. The lowest BCUT2D eigenvalue weighted by Crippen LogP contribution is -2.18. The summed E-state index contributed by atoms with van der Waals surface area (Å²) in [7, 11) is 0. The molecule has 0 aromatic heterocycles. The molecule has 2 rings (SSSR count). The van der Waals surface area contributed by atoms with E-state index in [1.54, 1.807) is 0 Å². The molecular weight excluding hydrogens is 304 g/mol. The monoisotopic (exact) mass is 330 g/mol. The standard InChI is InChI=1S/C21H27ClO/c1-20(2,3)17-12-15(10-14-8-7-9-16(22)11-14)13-18(19(17)23)21(4,5)6/h7-9,11-13,23H,10H2,1-6H3. The van der Waals surface area contributed by atoms with Gasteiger partial charge in [-0.05, 0) is 51.6 Å². The summed E-state index contributed by atoms with van der Waals surface area (Å²) in [6.45, 7) is 12.8. The molecule has 0 saturated carbocycles. The molecule has 2 aromatic carbocycles. The summed E-state index contributed by atoms with van der Waals surface area (Å²) in [6.07, 6.45) is 0.813. The number of hydrogen-bond acceptors (Lipinski definition) is 1. The van der Waals surface area contributed by atoms with Gasteiger partial charge in [-0.3, -0.25) is 0 Å². The van der Waals surface area contributed by atoms with Crippen molar-refractivity contribution in [3.05, 3.63) is 63.7 Å². The predicted molar refractivity (Wildman–Crippen MR) is 99.8 cm³/mol. The fraction of sp³-hybridized carbons (Fsp3) is 0.429. The fourth-order valence-corrected chi connectivity index (χ4v) is 3.04. The van der Waals surface area contributed by atoms with Crippen LogP contribution >= 0.6 is 11.6 Å². The number of rotatable bonds is 2. The van der Waals surface area contributed by atoms with Gasteiger partial charge in [-0.2, -0.15) is 0 Å². The van der Waals surface area contributed by atoms with Gasteiger partial charge in [-0.1, -0.05) is 77.4 Å². The van der Waals surface area contributed by atoms with E-state index in [9.17, 15) is 5.11 Å². The van der Waals surface area contributed by atoms with Gasteiger partial charge in [0.1, 0.15) is 5.75 Å². The van der Waals surface area contributed by atoms with Gasteiger partial charge < -0.3 is 5.11 Å². The van der Waals surface area contributed by atoms with Gasteiger partial charge >= 0.3 is 0 Å². The van der Waals surface area contributed by atoms with E-state index in [1.807, 2.05) is 18.2 Å². The summed E-state index contributed by atoms with van der Waals surface area (Å²) in [5.41, 5.74) is 4.19. The van der Waals surface area contributed by atoms with Crippen molar-refractivity contribution in [2.75, 3.05) is 0 Å². The lowest BCUT2D eigenvalue weighted by Gasteiger charge is -2.28. The molecule has 0 spiro atoms. The van der Waals surface area contributed by atoms with E-state index in [-0.39, 0.29) is 10.8 Å². The minimum atomic E-state index is -0.103. The van der Waals surface area contributed by atoms with E-state index in [2.05, 4.69) is 59.7 Å². The van der Waals surface area contributed by atoms with Gasteiger partial charge in [0.2, 0.25) is 0 Å². The Hall–Kier alpha value is -1.47. The van der Waals surface area contributed by atoms with E-state index in [1.165, 1.54) is 11.1 Å². The first-order valence-electron chi connectivity index (χ1n) is 8.10. The van der Waals surface area contributed by atoms with Crippen molar-refractivity contribution < 1.29 is 5.11 Å². The van der Waals surface area contributed by atoms with E-state index in [0.717, 1.165) is 22.6 Å². The number of aromatic hydroxyl groups is 1. The molecule has 0 heterocycles.